The fraction of sp³-hybridized carbons (Fsp3) is 0.412. The monoisotopic (exact) mass is 314 g/mol. The Morgan fingerprint density at radius 2 is 2.13 bits per heavy atom. The summed E-state index contributed by atoms with van der Waals surface area (Å²) in [5.74, 6) is 0.761. The van der Waals surface area contributed by atoms with Crippen LogP contribution in [0.2, 0.25) is 0 Å². The highest BCUT2D eigenvalue weighted by atomic mass is 16.3. The zero-order valence-electron chi connectivity index (χ0n) is 13.7. The lowest BCUT2D eigenvalue weighted by molar-refractivity contribution is 0.206. The van der Waals surface area contributed by atoms with Gasteiger partial charge in [0.15, 0.2) is 5.82 Å². The molecule has 0 saturated heterocycles. The molecule has 0 radical (unpaired) electrons. The molecular weight excluding hydrogens is 292 g/mol. The van der Waals surface area contributed by atoms with Crippen molar-refractivity contribution in [1.29, 1.82) is 0 Å². The summed E-state index contributed by atoms with van der Waals surface area (Å²) in [4.78, 5) is 21.0. The number of aromatic nitrogens is 1. The van der Waals surface area contributed by atoms with Gasteiger partial charge in [-0.3, -0.25) is 0 Å². The molecule has 0 spiro atoms. The van der Waals surface area contributed by atoms with Crippen molar-refractivity contribution in [2.24, 2.45) is 0 Å². The van der Waals surface area contributed by atoms with Crippen LogP contribution in [0.15, 0.2) is 35.1 Å². The van der Waals surface area contributed by atoms with Crippen LogP contribution in [-0.4, -0.2) is 36.1 Å². The van der Waals surface area contributed by atoms with Crippen molar-refractivity contribution in [3.8, 4) is 0 Å². The molecule has 122 valence electrons. The Balaban J connectivity index is 1.77. The molecule has 1 saturated carbocycles. The SMILES string of the molecule is Cc1ccc(NC(=O)N(Cc2ccoc2)C2CC2)c(N(C)C)n1. The first-order valence-electron chi connectivity index (χ1n) is 7.78. The number of hydrogen-bond donors (Lipinski definition) is 1. The number of furan rings is 1. The zero-order valence-corrected chi connectivity index (χ0v) is 13.7. The lowest BCUT2D eigenvalue weighted by Gasteiger charge is -2.24. The Morgan fingerprint density at radius 1 is 1.35 bits per heavy atom. The number of aryl methyl sites for hydroxylation is 1. The predicted molar refractivity (Wildman–Crippen MR) is 89.6 cm³/mol. The maximum Gasteiger partial charge on any atom is 0.322 e. The minimum Gasteiger partial charge on any atom is -0.472 e. The van der Waals surface area contributed by atoms with Crippen LogP contribution < -0.4 is 10.2 Å². The Bertz CT molecular complexity index is 678. The van der Waals surface area contributed by atoms with Crippen LogP contribution in [0.1, 0.15) is 24.1 Å². The summed E-state index contributed by atoms with van der Waals surface area (Å²) >= 11 is 0. The number of rotatable bonds is 5. The molecule has 1 aliphatic rings. The van der Waals surface area contributed by atoms with Gasteiger partial charge in [0.25, 0.3) is 0 Å². The third-order valence-electron chi connectivity index (χ3n) is 3.86. The Morgan fingerprint density at radius 3 is 2.74 bits per heavy atom. The highest BCUT2D eigenvalue weighted by Gasteiger charge is 2.33. The van der Waals surface area contributed by atoms with Crippen LogP contribution in [0.5, 0.6) is 0 Å². The van der Waals surface area contributed by atoms with Gasteiger partial charge in [-0.05, 0) is 38.0 Å². The predicted octanol–water partition coefficient (Wildman–Crippen LogP) is 3.25. The van der Waals surface area contributed by atoms with E-state index in [0.29, 0.717) is 12.6 Å². The molecule has 0 aromatic carbocycles. The summed E-state index contributed by atoms with van der Waals surface area (Å²) in [6.07, 6.45) is 5.42. The van der Waals surface area contributed by atoms with Crippen molar-refractivity contribution in [1.82, 2.24) is 9.88 Å². The smallest absolute Gasteiger partial charge is 0.322 e. The number of pyridine rings is 1. The van der Waals surface area contributed by atoms with E-state index < -0.39 is 0 Å². The topological polar surface area (TPSA) is 61.6 Å². The average molecular weight is 314 g/mol. The molecule has 23 heavy (non-hydrogen) atoms. The molecule has 2 amide bonds. The zero-order chi connectivity index (χ0) is 16.4. The summed E-state index contributed by atoms with van der Waals surface area (Å²) < 4.78 is 5.10. The van der Waals surface area contributed by atoms with Crippen LogP contribution in [0.25, 0.3) is 0 Å². The van der Waals surface area contributed by atoms with Gasteiger partial charge in [0.2, 0.25) is 0 Å². The normalized spacial score (nSPS) is 13.7. The van der Waals surface area contributed by atoms with Crippen molar-refractivity contribution in [3.05, 3.63) is 42.0 Å². The second kappa shape index (κ2) is 6.32. The van der Waals surface area contributed by atoms with Crippen molar-refractivity contribution in [3.63, 3.8) is 0 Å². The largest absolute Gasteiger partial charge is 0.472 e. The van der Waals surface area contributed by atoms with Crippen molar-refractivity contribution in [2.45, 2.75) is 32.4 Å². The van der Waals surface area contributed by atoms with Crippen LogP contribution in [0.3, 0.4) is 0 Å². The molecule has 6 nitrogen and oxygen atoms in total. The van der Waals surface area contributed by atoms with Gasteiger partial charge in [-0.15, -0.1) is 0 Å². The molecule has 3 rings (SSSR count). The quantitative estimate of drug-likeness (QED) is 0.920. The van der Waals surface area contributed by atoms with Gasteiger partial charge in [0.05, 0.1) is 24.8 Å². The molecule has 2 aromatic rings. The summed E-state index contributed by atoms with van der Waals surface area (Å²) in [5.41, 5.74) is 2.65. The number of amides is 2. The van der Waals surface area contributed by atoms with E-state index in [2.05, 4.69) is 10.3 Å². The highest BCUT2D eigenvalue weighted by Crippen LogP contribution is 2.30. The van der Waals surface area contributed by atoms with Crippen molar-refractivity contribution >= 4 is 17.5 Å². The fourth-order valence-corrected chi connectivity index (χ4v) is 2.50. The maximum atomic E-state index is 12.7. The van der Waals surface area contributed by atoms with E-state index in [9.17, 15) is 4.79 Å². The molecular formula is C17H22N4O2. The molecule has 2 aromatic heterocycles. The Labute approximate surface area is 136 Å². The number of urea groups is 1. The molecule has 2 heterocycles. The standard InChI is InChI=1S/C17H22N4O2/c1-12-4-7-15(16(18-12)20(2)3)19-17(22)21(14-5-6-14)10-13-8-9-23-11-13/h4,7-9,11,14H,5-6,10H2,1-3H3,(H,19,22). The van der Waals surface area contributed by atoms with Gasteiger partial charge in [-0.25, -0.2) is 9.78 Å². The minimum absolute atomic E-state index is 0.0950. The summed E-state index contributed by atoms with van der Waals surface area (Å²) in [5, 5.41) is 3.01. The van der Waals surface area contributed by atoms with E-state index in [1.807, 2.05) is 49.0 Å². The van der Waals surface area contributed by atoms with E-state index in [4.69, 9.17) is 4.42 Å². The first-order valence-corrected chi connectivity index (χ1v) is 7.78. The number of carbonyl (C=O) groups is 1. The second-order valence-electron chi connectivity index (χ2n) is 6.14. The number of hydrogen-bond acceptors (Lipinski definition) is 4. The van der Waals surface area contributed by atoms with Crippen LogP contribution in [0, 0.1) is 6.92 Å². The molecule has 0 bridgehead atoms. The van der Waals surface area contributed by atoms with Gasteiger partial charge in [0.1, 0.15) is 0 Å². The van der Waals surface area contributed by atoms with Crippen LogP contribution in [-0.2, 0) is 6.54 Å². The third-order valence-corrected chi connectivity index (χ3v) is 3.86. The number of nitrogens with one attached hydrogen (secondary N) is 1. The van der Waals surface area contributed by atoms with Gasteiger partial charge < -0.3 is 19.5 Å². The number of anilines is 2. The summed E-state index contributed by atoms with van der Waals surface area (Å²) in [6, 6.07) is 5.91. The van der Waals surface area contributed by atoms with E-state index >= 15 is 0 Å². The van der Waals surface area contributed by atoms with Crippen molar-refractivity contribution < 1.29 is 9.21 Å². The highest BCUT2D eigenvalue weighted by molar-refractivity contribution is 5.92. The minimum atomic E-state index is -0.0950. The number of carbonyl (C=O) groups excluding carboxylic acids is 1. The van der Waals surface area contributed by atoms with Gasteiger partial charge >= 0.3 is 6.03 Å². The van der Waals surface area contributed by atoms with E-state index in [-0.39, 0.29) is 6.03 Å². The van der Waals surface area contributed by atoms with Gasteiger partial charge in [-0.1, -0.05) is 0 Å². The Kier molecular flexibility index (Phi) is 4.23. The van der Waals surface area contributed by atoms with Gasteiger partial charge in [0, 0.05) is 31.4 Å². The number of nitrogens with zero attached hydrogens (tertiary/aromatic N) is 3. The lowest BCUT2D eigenvalue weighted by Crippen LogP contribution is -2.36. The second-order valence-corrected chi connectivity index (χ2v) is 6.14. The van der Waals surface area contributed by atoms with Crippen LogP contribution >= 0.6 is 0 Å². The first kappa shape index (κ1) is 15.4. The van der Waals surface area contributed by atoms with E-state index in [1.54, 1.807) is 12.5 Å². The lowest BCUT2D eigenvalue weighted by atomic mass is 10.3. The third kappa shape index (κ3) is 3.64. The average Bonchev–Trinajstić information content (AvgIpc) is 3.22. The van der Waals surface area contributed by atoms with E-state index in [0.717, 1.165) is 35.6 Å². The van der Waals surface area contributed by atoms with E-state index in [1.165, 1.54) is 0 Å². The molecule has 1 N–H and O–H groups in total. The summed E-state index contributed by atoms with van der Waals surface area (Å²) in [7, 11) is 3.84. The first-order chi connectivity index (χ1) is 11.0. The maximum absolute atomic E-state index is 12.7. The van der Waals surface area contributed by atoms with Crippen molar-refractivity contribution in [2.75, 3.05) is 24.3 Å². The summed E-state index contributed by atoms with van der Waals surface area (Å²) in [6.45, 7) is 2.50. The molecule has 0 aliphatic heterocycles. The molecule has 0 unspecified atom stereocenters. The van der Waals surface area contributed by atoms with Crippen LogP contribution in [0.4, 0.5) is 16.3 Å². The molecule has 1 aliphatic carbocycles. The fourth-order valence-electron chi connectivity index (χ4n) is 2.50. The molecule has 0 atom stereocenters. The van der Waals surface area contributed by atoms with Gasteiger partial charge in [-0.2, -0.15) is 0 Å². The Hall–Kier alpha value is -2.50. The molecule has 6 heteroatoms. The molecule has 1 fully saturated rings.